The van der Waals surface area contributed by atoms with Crippen molar-refractivity contribution in [2.75, 3.05) is 13.1 Å². The van der Waals surface area contributed by atoms with Gasteiger partial charge in [-0.2, -0.15) is 10.3 Å². The molecule has 0 radical (unpaired) electrons. The maximum Gasteiger partial charge on any atom is 0.284 e. The summed E-state index contributed by atoms with van der Waals surface area (Å²) in [5, 5.41) is 25.5. The number of benzene rings is 2. The lowest BCUT2D eigenvalue weighted by molar-refractivity contribution is 0.100. The van der Waals surface area contributed by atoms with Gasteiger partial charge >= 0.3 is 0 Å². The molecule has 2 aromatic carbocycles. The Morgan fingerprint density at radius 2 is 2.00 bits per heavy atom. The molecule has 3 N–H and O–H groups in total. The molecule has 25 heavy (non-hydrogen) atoms. The highest BCUT2D eigenvalue weighted by molar-refractivity contribution is 6.31. The van der Waals surface area contributed by atoms with Crippen LogP contribution in [0.25, 0.3) is 11.1 Å². The second-order valence-electron chi connectivity index (χ2n) is 5.24. The molecule has 8 heteroatoms. The molecular weight excluding hydrogens is 347 g/mol. The molecule has 2 aromatic rings. The van der Waals surface area contributed by atoms with Gasteiger partial charge in [0.2, 0.25) is 0 Å². The van der Waals surface area contributed by atoms with Crippen LogP contribution in [0.5, 0.6) is 5.75 Å². The van der Waals surface area contributed by atoms with E-state index in [1.807, 2.05) is 6.07 Å². The number of aliphatic imine (C=N–C) groups is 1. The van der Waals surface area contributed by atoms with E-state index in [0.717, 1.165) is 6.07 Å². The number of nitriles is 1. The molecule has 1 aliphatic rings. The third-order valence-electron chi connectivity index (χ3n) is 3.64. The average Bonchev–Trinajstić information content (AvgIpc) is 3.09. The van der Waals surface area contributed by atoms with Gasteiger partial charge in [0.1, 0.15) is 11.6 Å². The highest BCUT2D eigenvalue weighted by Gasteiger charge is 2.24. The summed E-state index contributed by atoms with van der Waals surface area (Å²) in [4.78, 5) is 16.4. The number of phenols is 1. The smallest absolute Gasteiger partial charge is 0.284 e. The van der Waals surface area contributed by atoms with E-state index in [4.69, 9.17) is 11.6 Å². The standard InChI is InChI=1S/C17H12ClFN4O2/c18-10-2-3-12(19)11(7-10)14-9(8-20)1-4-13(24)15(14)16(25)23-17-21-5-6-22-17/h1-4,7,24H,5-6H2,(H2,21,22,23,25). The lowest BCUT2D eigenvalue weighted by Crippen LogP contribution is -2.25. The first-order chi connectivity index (χ1) is 12.0. The van der Waals surface area contributed by atoms with Crippen molar-refractivity contribution in [3.8, 4) is 22.9 Å². The second kappa shape index (κ2) is 6.79. The van der Waals surface area contributed by atoms with E-state index in [1.54, 1.807) is 0 Å². The molecule has 126 valence electrons. The van der Waals surface area contributed by atoms with Crippen molar-refractivity contribution in [1.29, 1.82) is 5.26 Å². The minimum absolute atomic E-state index is 0.0230. The van der Waals surface area contributed by atoms with Gasteiger partial charge in [-0.3, -0.25) is 4.79 Å². The van der Waals surface area contributed by atoms with E-state index in [2.05, 4.69) is 15.6 Å². The Morgan fingerprint density at radius 1 is 1.28 bits per heavy atom. The highest BCUT2D eigenvalue weighted by Crippen LogP contribution is 2.36. The minimum Gasteiger partial charge on any atom is -0.507 e. The van der Waals surface area contributed by atoms with Gasteiger partial charge < -0.3 is 15.7 Å². The lowest BCUT2D eigenvalue weighted by atomic mass is 9.93. The number of carbonyl (C=O) groups is 1. The molecule has 1 saturated heterocycles. The van der Waals surface area contributed by atoms with E-state index in [-0.39, 0.29) is 33.2 Å². The SMILES string of the molecule is N#Cc1ccc(O)c(C(=O)N=C2NCCN2)c1-c1cc(Cl)ccc1F. The number of phenolic OH excluding ortho intramolecular Hbond substituents is 1. The summed E-state index contributed by atoms with van der Waals surface area (Å²) in [7, 11) is 0. The van der Waals surface area contributed by atoms with Crippen molar-refractivity contribution in [2.24, 2.45) is 4.99 Å². The summed E-state index contributed by atoms with van der Waals surface area (Å²) in [6.45, 7) is 1.21. The van der Waals surface area contributed by atoms with E-state index in [9.17, 15) is 19.6 Å². The Morgan fingerprint density at radius 3 is 2.68 bits per heavy atom. The molecule has 0 aromatic heterocycles. The maximum absolute atomic E-state index is 14.3. The number of amides is 1. The van der Waals surface area contributed by atoms with Crippen molar-refractivity contribution in [3.05, 3.63) is 52.3 Å². The van der Waals surface area contributed by atoms with Crippen LogP contribution >= 0.6 is 11.6 Å². The fourth-order valence-corrected chi connectivity index (χ4v) is 2.70. The lowest BCUT2D eigenvalue weighted by Gasteiger charge is -2.12. The van der Waals surface area contributed by atoms with Gasteiger partial charge in [0.25, 0.3) is 5.91 Å². The molecule has 3 rings (SSSR count). The van der Waals surface area contributed by atoms with Crippen LogP contribution in [-0.2, 0) is 0 Å². The number of guanidine groups is 1. The van der Waals surface area contributed by atoms with Crippen molar-refractivity contribution in [3.63, 3.8) is 0 Å². The van der Waals surface area contributed by atoms with Crippen molar-refractivity contribution in [1.82, 2.24) is 10.6 Å². The number of hydrogen-bond donors (Lipinski definition) is 3. The fraction of sp³-hybridized carbons (Fsp3) is 0.118. The van der Waals surface area contributed by atoms with Gasteiger partial charge in [0, 0.05) is 29.2 Å². The van der Waals surface area contributed by atoms with Crippen LogP contribution in [0, 0.1) is 17.1 Å². The molecule has 0 spiro atoms. The minimum atomic E-state index is -0.805. The summed E-state index contributed by atoms with van der Waals surface area (Å²) in [5.41, 5.74) is -0.344. The summed E-state index contributed by atoms with van der Waals surface area (Å²) in [6.07, 6.45) is 0. The van der Waals surface area contributed by atoms with Crippen molar-refractivity contribution in [2.45, 2.75) is 0 Å². The van der Waals surface area contributed by atoms with Crippen molar-refractivity contribution >= 4 is 23.5 Å². The summed E-state index contributed by atoms with van der Waals surface area (Å²) in [6, 6.07) is 8.19. The van der Waals surface area contributed by atoms with Crippen LogP contribution < -0.4 is 10.6 Å². The third kappa shape index (κ3) is 3.25. The van der Waals surface area contributed by atoms with Crippen LogP contribution in [0.15, 0.2) is 35.3 Å². The summed E-state index contributed by atoms with van der Waals surface area (Å²) >= 11 is 5.93. The number of nitrogens with one attached hydrogen (secondary N) is 2. The first-order valence-corrected chi connectivity index (χ1v) is 7.71. The van der Waals surface area contributed by atoms with Gasteiger partial charge in [0.15, 0.2) is 5.96 Å². The molecule has 1 heterocycles. The largest absolute Gasteiger partial charge is 0.507 e. The molecule has 6 nitrogen and oxygen atoms in total. The van der Waals surface area contributed by atoms with Crippen LogP contribution in [0.4, 0.5) is 4.39 Å². The zero-order valence-corrected chi connectivity index (χ0v) is 13.6. The summed E-state index contributed by atoms with van der Waals surface area (Å²) < 4.78 is 14.3. The fourth-order valence-electron chi connectivity index (χ4n) is 2.53. The maximum atomic E-state index is 14.3. The normalized spacial score (nSPS) is 12.9. The monoisotopic (exact) mass is 358 g/mol. The zero-order chi connectivity index (χ0) is 18.0. The molecule has 0 saturated carbocycles. The van der Waals surface area contributed by atoms with Crippen LogP contribution in [-0.4, -0.2) is 30.1 Å². The number of nitrogens with zero attached hydrogens (tertiary/aromatic N) is 2. The average molecular weight is 359 g/mol. The molecule has 0 unspecified atom stereocenters. The van der Waals surface area contributed by atoms with Gasteiger partial charge in [-0.15, -0.1) is 0 Å². The molecule has 1 aliphatic heterocycles. The first-order valence-electron chi connectivity index (χ1n) is 7.33. The Hall–Kier alpha value is -3.11. The predicted octanol–water partition coefficient (Wildman–Crippen LogP) is 2.41. The Kier molecular flexibility index (Phi) is 4.55. The van der Waals surface area contributed by atoms with E-state index >= 15 is 0 Å². The van der Waals surface area contributed by atoms with E-state index in [1.165, 1.54) is 24.3 Å². The van der Waals surface area contributed by atoms with Crippen LogP contribution in [0.1, 0.15) is 15.9 Å². The quantitative estimate of drug-likeness (QED) is 0.766. The van der Waals surface area contributed by atoms with Gasteiger partial charge in [-0.1, -0.05) is 11.6 Å². The second-order valence-corrected chi connectivity index (χ2v) is 5.67. The molecule has 0 atom stereocenters. The van der Waals surface area contributed by atoms with E-state index < -0.39 is 17.5 Å². The Balaban J connectivity index is 2.25. The van der Waals surface area contributed by atoms with E-state index in [0.29, 0.717) is 13.1 Å². The number of aromatic hydroxyl groups is 1. The van der Waals surface area contributed by atoms with Crippen LogP contribution in [0.3, 0.4) is 0 Å². The van der Waals surface area contributed by atoms with Gasteiger partial charge in [0.05, 0.1) is 17.2 Å². The van der Waals surface area contributed by atoms with Crippen LogP contribution in [0.2, 0.25) is 5.02 Å². The molecule has 1 fully saturated rings. The Bertz CT molecular complexity index is 929. The number of halogens is 2. The topological polar surface area (TPSA) is 97.5 Å². The molecule has 1 amide bonds. The molecule has 0 aliphatic carbocycles. The van der Waals surface area contributed by atoms with Gasteiger partial charge in [-0.25, -0.2) is 4.39 Å². The number of carbonyl (C=O) groups excluding carboxylic acids is 1. The first kappa shape index (κ1) is 16.7. The highest BCUT2D eigenvalue weighted by atomic mass is 35.5. The molecule has 0 bridgehead atoms. The Labute approximate surface area is 147 Å². The van der Waals surface area contributed by atoms with Crippen molar-refractivity contribution < 1.29 is 14.3 Å². The zero-order valence-electron chi connectivity index (χ0n) is 12.8. The van der Waals surface area contributed by atoms with Gasteiger partial charge in [-0.05, 0) is 30.3 Å². The predicted molar refractivity (Wildman–Crippen MR) is 91.0 cm³/mol. The number of rotatable bonds is 2. The molecular formula is C17H12ClFN4O2. The third-order valence-corrected chi connectivity index (χ3v) is 3.87. The summed E-state index contributed by atoms with van der Waals surface area (Å²) in [5.74, 6) is -1.63. The number of hydrogen-bond acceptors (Lipinski definition) is 3.